The number of phenolic OH excluding ortho intramolecular Hbond substituents is 1. The summed E-state index contributed by atoms with van der Waals surface area (Å²) in [7, 11) is 0. The average Bonchev–Trinajstić information content (AvgIpc) is 3.14. The zero-order chi connectivity index (χ0) is 22.4. The van der Waals surface area contributed by atoms with Gasteiger partial charge in [0.05, 0.1) is 0 Å². The Morgan fingerprint density at radius 3 is 2.55 bits per heavy atom. The molecule has 0 radical (unpaired) electrons. The van der Waals surface area contributed by atoms with Crippen molar-refractivity contribution < 1.29 is 19.4 Å². The van der Waals surface area contributed by atoms with Crippen LogP contribution in [0.5, 0.6) is 11.5 Å². The second-order valence-corrected chi connectivity index (χ2v) is 9.38. The minimum Gasteiger partial charge on any atom is -0.508 e. The van der Waals surface area contributed by atoms with Crippen molar-refractivity contribution in [3.05, 3.63) is 46.1 Å². The van der Waals surface area contributed by atoms with Gasteiger partial charge in [-0.1, -0.05) is 43.1 Å². The van der Waals surface area contributed by atoms with E-state index in [0.717, 1.165) is 69.8 Å². The molecule has 2 aliphatic rings. The average molecular weight is 427 g/mol. The van der Waals surface area contributed by atoms with E-state index in [0.29, 0.717) is 23.3 Å². The number of phenols is 1. The fraction of sp³-hybridized carbons (Fsp3) is 0.593. The van der Waals surface area contributed by atoms with Crippen LogP contribution in [-0.2, 0) is 17.6 Å². The van der Waals surface area contributed by atoms with Gasteiger partial charge in [0, 0.05) is 18.4 Å². The van der Waals surface area contributed by atoms with E-state index in [1.54, 1.807) is 6.07 Å². The zero-order valence-corrected chi connectivity index (χ0v) is 19.7. The summed E-state index contributed by atoms with van der Waals surface area (Å²) in [5, 5.41) is 10.9. The molecule has 1 spiro atoms. The molecule has 170 valence electrons. The molecule has 4 nitrogen and oxygen atoms in total. The van der Waals surface area contributed by atoms with Gasteiger partial charge >= 0.3 is 5.97 Å². The molecule has 1 fully saturated rings. The quantitative estimate of drug-likeness (QED) is 0.258. The highest BCUT2D eigenvalue weighted by Gasteiger charge is 2.46. The standard InChI is InChI=1S/C27H38O4/c1-5-6-7-13-21-18-23(28)22(15-14-20(4)12-10-11-19(2)3)25-24(21)26(29)31-27(30-25)16-8-9-17-27/h11,14,18,28H,5-10,12-13,15-17H2,1-4H3/b20-14+. The number of unbranched alkanes of at least 4 members (excludes halogenated alkanes) is 2. The third-order valence-electron chi connectivity index (χ3n) is 6.37. The molecule has 1 aliphatic heterocycles. The number of carbonyl (C=O) groups excluding carboxylic acids is 1. The first-order valence-corrected chi connectivity index (χ1v) is 11.9. The van der Waals surface area contributed by atoms with Crippen LogP contribution in [0.1, 0.15) is 107 Å². The Hall–Kier alpha value is -2.23. The van der Waals surface area contributed by atoms with E-state index < -0.39 is 5.79 Å². The van der Waals surface area contributed by atoms with E-state index >= 15 is 0 Å². The number of benzene rings is 1. The fourth-order valence-electron chi connectivity index (χ4n) is 4.55. The van der Waals surface area contributed by atoms with Gasteiger partial charge in [-0.15, -0.1) is 0 Å². The molecule has 0 saturated heterocycles. The summed E-state index contributed by atoms with van der Waals surface area (Å²) in [4.78, 5) is 13.1. The Kier molecular flexibility index (Phi) is 7.85. The van der Waals surface area contributed by atoms with Crippen molar-refractivity contribution in [2.45, 2.75) is 104 Å². The molecule has 1 aromatic rings. The van der Waals surface area contributed by atoms with Gasteiger partial charge in [0.1, 0.15) is 17.1 Å². The Balaban J connectivity index is 1.92. The summed E-state index contributed by atoms with van der Waals surface area (Å²) < 4.78 is 12.3. The van der Waals surface area contributed by atoms with Crippen molar-refractivity contribution in [2.75, 3.05) is 0 Å². The lowest BCUT2D eigenvalue weighted by Gasteiger charge is -2.36. The molecule has 1 aliphatic carbocycles. The Morgan fingerprint density at radius 2 is 1.87 bits per heavy atom. The molecule has 0 atom stereocenters. The number of carbonyl (C=O) groups is 1. The predicted molar refractivity (Wildman–Crippen MR) is 125 cm³/mol. The maximum absolute atomic E-state index is 13.1. The van der Waals surface area contributed by atoms with Crippen molar-refractivity contribution in [2.24, 2.45) is 0 Å². The number of aromatic hydroxyl groups is 1. The molecule has 0 aromatic heterocycles. The number of allylic oxidation sites excluding steroid dienone is 4. The monoisotopic (exact) mass is 426 g/mol. The van der Waals surface area contributed by atoms with Crippen molar-refractivity contribution in [3.8, 4) is 11.5 Å². The van der Waals surface area contributed by atoms with Crippen LogP contribution in [0.15, 0.2) is 29.4 Å². The SMILES string of the molecule is CCCCCc1cc(O)c(C/C=C(\C)CCC=C(C)C)c2c1C(=O)OC1(CCCC1)O2. The van der Waals surface area contributed by atoms with Crippen molar-refractivity contribution >= 4 is 5.97 Å². The van der Waals surface area contributed by atoms with Gasteiger partial charge < -0.3 is 14.6 Å². The van der Waals surface area contributed by atoms with Crippen LogP contribution in [0.4, 0.5) is 0 Å². The molecule has 1 heterocycles. The fourth-order valence-corrected chi connectivity index (χ4v) is 4.55. The zero-order valence-electron chi connectivity index (χ0n) is 19.7. The second kappa shape index (κ2) is 10.4. The smallest absolute Gasteiger partial charge is 0.345 e. The highest BCUT2D eigenvalue weighted by molar-refractivity contribution is 5.96. The molecule has 3 rings (SSSR count). The van der Waals surface area contributed by atoms with E-state index in [2.05, 4.69) is 39.8 Å². The van der Waals surface area contributed by atoms with E-state index in [1.807, 2.05) is 0 Å². The normalized spacial score (nSPS) is 17.3. The first-order chi connectivity index (χ1) is 14.8. The molecular formula is C27H38O4. The first-order valence-electron chi connectivity index (χ1n) is 11.9. The van der Waals surface area contributed by atoms with Crippen LogP contribution in [0.25, 0.3) is 0 Å². The van der Waals surface area contributed by atoms with Crippen molar-refractivity contribution in [1.29, 1.82) is 0 Å². The molecule has 0 bridgehead atoms. The molecule has 31 heavy (non-hydrogen) atoms. The van der Waals surface area contributed by atoms with Crippen LogP contribution in [0, 0.1) is 0 Å². The largest absolute Gasteiger partial charge is 0.508 e. The number of hydrogen-bond donors (Lipinski definition) is 1. The number of fused-ring (bicyclic) bond motifs is 1. The molecule has 1 N–H and O–H groups in total. The number of hydrogen-bond acceptors (Lipinski definition) is 4. The summed E-state index contributed by atoms with van der Waals surface area (Å²) in [6.45, 7) is 8.50. The molecule has 0 amide bonds. The third-order valence-corrected chi connectivity index (χ3v) is 6.37. The highest BCUT2D eigenvalue weighted by Crippen LogP contribution is 2.46. The summed E-state index contributed by atoms with van der Waals surface area (Å²) in [5.41, 5.74) is 4.67. The van der Waals surface area contributed by atoms with E-state index in [-0.39, 0.29) is 11.7 Å². The Morgan fingerprint density at radius 1 is 1.13 bits per heavy atom. The van der Waals surface area contributed by atoms with Gasteiger partial charge in [-0.2, -0.15) is 0 Å². The van der Waals surface area contributed by atoms with Crippen molar-refractivity contribution in [3.63, 3.8) is 0 Å². The van der Waals surface area contributed by atoms with Crippen LogP contribution in [0.3, 0.4) is 0 Å². The summed E-state index contributed by atoms with van der Waals surface area (Å²) in [5.74, 6) is -0.366. The summed E-state index contributed by atoms with van der Waals surface area (Å²) >= 11 is 0. The molecule has 4 heteroatoms. The van der Waals surface area contributed by atoms with Gasteiger partial charge in [-0.25, -0.2) is 4.79 Å². The molecule has 1 saturated carbocycles. The number of ether oxygens (including phenoxy) is 2. The maximum Gasteiger partial charge on any atom is 0.345 e. The lowest BCUT2D eigenvalue weighted by atomic mass is 9.93. The minimum atomic E-state index is -0.852. The summed E-state index contributed by atoms with van der Waals surface area (Å²) in [6.07, 6.45) is 14.3. The van der Waals surface area contributed by atoms with Gasteiger partial charge in [0.15, 0.2) is 0 Å². The van der Waals surface area contributed by atoms with Crippen LogP contribution >= 0.6 is 0 Å². The number of esters is 1. The predicted octanol–water partition coefficient (Wildman–Crippen LogP) is 7.18. The van der Waals surface area contributed by atoms with Crippen LogP contribution in [0.2, 0.25) is 0 Å². The Bertz CT molecular complexity index is 852. The van der Waals surface area contributed by atoms with Crippen LogP contribution in [-0.4, -0.2) is 16.9 Å². The second-order valence-electron chi connectivity index (χ2n) is 9.38. The van der Waals surface area contributed by atoms with Gasteiger partial charge in [-0.05, 0) is 77.3 Å². The lowest BCUT2D eigenvalue weighted by molar-refractivity contribution is -0.149. The van der Waals surface area contributed by atoms with E-state index in [9.17, 15) is 9.90 Å². The van der Waals surface area contributed by atoms with Gasteiger partial charge in [-0.3, -0.25) is 0 Å². The van der Waals surface area contributed by atoms with Gasteiger partial charge in [0.25, 0.3) is 5.79 Å². The van der Waals surface area contributed by atoms with E-state index in [4.69, 9.17) is 9.47 Å². The molecule has 1 aromatic carbocycles. The third kappa shape index (κ3) is 5.72. The number of rotatable bonds is 9. The summed E-state index contributed by atoms with van der Waals surface area (Å²) in [6, 6.07) is 1.76. The van der Waals surface area contributed by atoms with Crippen molar-refractivity contribution in [1.82, 2.24) is 0 Å². The number of aryl methyl sites for hydroxylation is 1. The first kappa shape index (κ1) is 23.4. The highest BCUT2D eigenvalue weighted by atomic mass is 16.7. The lowest BCUT2D eigenvalue weighted by Crippen LogP contribution is -2.43. The minimum absolute atomic E-state index is 0.224. The van der Waals surface area contributed by atoms with Crippen LogP contribution < -0.4 is 4.74 Å². The molecule has 0 unspecified atom stereocenters. The van der Waals surface area contributed by atoms with Gasteiger partial charge in [0.2, 0.25) is 0 Å². The topological polar surface area (TPSA) is 55.8 Å². The Labute approximate surface area is 187 Å². The maximum atomic E-state index is 13.1. The van der Waals surface area contributed by atoms with E-state index in [1.165, 1.54) is 11.1 Å². The molecular weight excluding hydrogens is 388 g/mol.